The molecule has 72 valence electrons. The van der Waals surface area contributed by atoms with Gasteiger partial charge in [-0.15, -0.1) is 5.10 Å². The molecule has 2 heterocycles. The Morgan fingerprint density at radius 2 is 2.54 bits per heavy atom. The first-order chi connectivity index (χ1) is 6.24. The minimum atomic E-state index is 0.367. The van der Waals surface area contributed by atoms with E-state index >= 15 is 0 Å². The van der Waals surface area contributed by atoms with Crippen LogP contribution < -0.4 is 5.73 Å². The highest BCUT2D eigenvalue weighted by atomic mass is 15.4. The van der Waals surface area contributed by atoms with Gasteiger partial charge in [0.25, 0.3) is 0 Å². The molecule has 13 heavy (non-hydrogen) atoms. The number of aromatic nitrogens is 3. The third kappa shape index (κ3) is 1.98. The average Bonchev–Trinajstić information content (AvgIpc) is 2.62. The van der Waals surface area contributed by atoms with Gasteiger partial charge in [0.2, 0.25) is 5.95 Å². The summed E-state index contributed by atoms with van der Waals surface area (Å²) in [7, 11) is 2.15. The molecule has 1 atom stereocenters. The van der Waals surface area contributed by atoms with Gasteiger partial charge in [0.1, 0.15) is 6.33 Å². The van der Waals surface area contributed by atoms with E-state index < -0.39 is 0 Å². The molecule has 0 amide bonds. The van der Waals surface area contributed by atoms with Crippen molar-refractivity contribution in [1.29, 1.82) is 0 Å². The number of hydrogen-bond acceptors (Lipinski definition) is 4. The fourth-order valence-electron chi connectivity index (χ4n) is 1.84. The quantitative estimate of drug-likeness (QED) is 0.687. The van der Waals surface area contributed by atoms with E-state index in [1.807, 2.05) is 4.68 Å². The van der Waals surface area contributed by atoms with Crippen molar-refractivity contribution < 1.29 is 0 Å². The van der Waals surface area contributed by atoms with Crippen LogP contribution in [0.25, 0.3) is 0 Å². The summed E-state index contributed by atoms with van der Waals surface area (Å²) in [5.74, 6) is 1.07. The molecule has 2 rings (SSSR count). The third-order valence-electron chi connectivity index (χ3n) is 2.49. The Balaban J connectivity index is 1.91. The van der Waals surface area contributed by atoms with E-state index in [2.05, 4.69) is 22.0 Å². The molecule has 1 aromatic heterocycles. The van der Waals surface area contributed by atoms with E-state index in [0.717, 1.165) is 13.1 Å². The minimum Gasteiger partial charge on any atom is -0.367 e. The summed E-state index contributed by atoms with van der Waals surface area (Å²) in [6.07, 6.45) is 2.95. The molecule has 0 aliphatic carbocycles. The molecule has 1 aliphatic rings. The predicted molar refractivity (Wildman–Crippen MR) is 50.0 cm³/mol. The van der Waals surface area contributed by atoms with Crippen LogP contribution in [0.2, 0.25) is 0 Å². The van der Waals surface area contributed by atoms with Gasteiger partial charge in [-0.05, 0) is 25.9 Å². The van der Waals surface area contributed by atoms with Crippen molar-refractivity contribution in [3.8, 4) is 0 Å². The average molecular weight is 181 g/mol. The fourth-order valence-corrected chi connectivity index (χ4v) is 1.84. The number of anilines is 1. The Morgan fingerprint density at radius 3 is 3.08 bits per heavy atom. The van der Waals surface area contributed by atoms with Crippen molar-refractivity contribution in [3.05, 3.63) is 6.33 Å². The summed E-state index contributed by atoms with van der Waals surface area (Å²) in [4.78, 5) is 6.23. The van der Waals surface area contributed by atoms with E-state index in [0.29, 0.717) is 11.9 Å². The first-order valence-corrected chi connectivity index (χ1v) is 4.57. The summed E-state index contributed by atoms with van der Waals surface area (Å²) in [5.41, 5.74) is 5.43. The van der Waals surface area contributed by atoms with Crippen molar-refractivity contribution in [2.24, 2.45) is 5.92 Å². The first-order valence-electron chi connectivity index (χ1n) is 4.57. The third-order valence-corrected chi connectivity index (χ3v) is 2.49. The van der Waals surface area contributed by atoms with E-state index in [-0.39, 0.29) is 0 Å². The lowest BCUT2D eigenvalue weighted by Gasteiger charge is -2.09. The van der Waals surface area contributed by atoms with Crippen molar-refractivity contribution in [1.82, 2.24) is 19.7 Å². The molecule has 5 nitrogen and oxygen atoms in total. The molecule has 0 saturated carbocycles. The molecule has 1 aromatic rings. The van der Waals surface area contributed by atoms with E-state index in [9.17, 15) is 0 Å². The summed E-state index contributed by atoms with van der Waals surface area (Å²) in [5, 5.41) is 4.06. The van der Waals surface area contributed by atoms with Gasteiger partial charge in [0.15, 0.2) is 0 Å². The normalized spacial score (nSPS) is 23.9. The van der Waals surface area contributed by atoms with Crippen LogP contribution in [-0.2, 0) is 6.54 Å². The van der Waals surface area contributed by atoms with Crippen molar-refractivity contribution in [2.75, 3.05) is 25.9 Å². The summed E-state index contributed by atoms with van der Waals surface area (Å²) >= 11 is 0. The number of nitrogen functional groups attached to an aromatic ring is 1. The number of nitrogens with two attached hydrogens (primary N) is 1. The maximum atomic E-state index is 5.43. The van der Waals surface area contributed by atoms with Crippen LogP contribution in [0.5, 0.6) is 0 Å². The molecule has 2 N–H and O–H groups in total. The maximum absolute atomic E-state index is 5.43. The molecule has 5 heteroatoms. The van der Waals surface area contributed by atoms with Gasteiger partial charge in [0.05, 0.1) is 0 Å². The molecular weight excluding hydrogens is 166 g/mol. The molecule has 0 spiro atoms. The Labute approximate surface area is 77.5 Å². The fraction of sp³-hybridized carbons (Fsp3) is 0.750. The van der Waals surface area contributed by atoms with Crippen LogP contribution in [0.4, 0.5) is 5.95 Å². The van der Waals surface area contributed by atoms with Gasteiger partial charge in [-0.1, -0.05) is 0 Å². The summed E-state index contributed by atoms with van der Waals surface area (Å²) in [6.45, 7) is 3.28. The molecule has 0 radical (unpaired) electrons. The monoisotopic (exact) mass is 181 g/mol. The highest BCUT2D eigenvalue weighted by Crippen LogP contribution is 2.15. The van der Waals surface area contributed by atoms with E-state index in [1.54, 1.807) is 6.33 Å². The van der Waals surface area contributed by atoms with Crippen LogP contribution in [-0.4, -0.2) is 39.8 Å². The number of nitrogens with zero attached hydrogens (tertiary/aromatic N) is 4. The second-order valence-electron chi connectivity index (χ2n) is 3.74. The van der Waals surface area contributed by atoms with Crippen molar-refractivity contribution in [2.45, 2.75) is 13.0 Å². The minimum absolute atomic E-state index is 0.367. The first kappa shape index (κ1) is 8.50. The van der Waals surface area contributed by atoms with Gasteiger partial charge in [-0.2, -0.15) is 0 Å². The van der Waals surface area contributed by atoms with Crippen LogP contribution >= 0.6 is 0 Å². The molecule has 1 fully saturated rings. The number of hydrogen-bond donors (Lipinski definition) is 1. The lowest BCUT2D eigenvalue weighted by atomic mass is 10.1. The summed E-state index contributed by atoms with van der Waals surface area (Å²) < 4.78 is 1.83. The zero-order valence-electron chi connectivity index (χ0n) is 7.85. The van der Waals surface area contributed by atoms with Crippen molar-refractivity contribution in [3.63, 3.8) is 0 Å². The molecule has 1 unspecified atom stereocenters. The molecule has 1 aliphatic heterocycles. The smallest absolute Gasteiger partial charge is 0.239 e. The van der Waals surface area contributed by atoms with Gasteiger partial charge in [-0.25, -0.2) is 4.98 Å². The van der Waals surface area contributed by atoms with Gasteiger partial charge >= 0.3 is 0 Å². The second-order valence-corrected chi connectivity index (χ2v) is 3.74. The Kier molecular flexibility index (Phi) is 2.18. The standard InChI is InChI=1S/C8H15N5/c1-12-3-2-7(4-12)5-13-6-10-8(9)11-13/h6-7H,2-5H2,1H3,(H2,9,11). The lowest BCUT2D eigenvalue weighted by Crippen LogP contribution is -2.17. The van der Waals surface area contributed by atoms with Crippen LogP contribution in [0.1, 0.15) is 6.42 Å². The maximum Gasteiger partial charge on any atom is 0.239 e. The lowest BCUT2D eigenvalue weighted by molar-refractivity contribution is 0.370. The zero-order valence-corrected chi connectivity index (χ0v) is 7.85. The Bertz CT molecular complexity index is 282. The molecule has 0 aromatic carbocycles. The van der Waals surface area contributed by atoms with E-state index in [4.69, 9.17) is 5.73 Å². The predicted octanol–water partition coefficient (Wildman–Crippen LogP) is -0.188. The van der Waals surface area contributed by atoms with Gasteiger partial charge in [0, 0.05) is 13.1 Å². The van der Waals surface area contributed by atoms with Crippen molar-refractivity contribution >= 4 is 5.95 Å². The largest absolute Gasteiger partial charge is 0.367 e. The Morgan fingerprint density at radius 1 is 1.69 bits per heavy atom. The number of rotatable bonds is 2. The molecular formula is C8H15N5. The molecule has 0 bridgehead atoms. The molecule has 1 saturated heterocycles. The number of likely N-dealkylation sites (tertiary alicyclic amines) is 1. The van der Waals surface area contributed by atoms with E-state index in [1.165, 1.54) is 13.0 Å². The van der Waals surface area contributed by atoms with Gasteiger partial charge in [-0.3, -0.25) is 4.68 Å². The zero-order chi connectivity index (χ0) is 9.26. The van der Waals surface area contributed by atoms with Crippen LogP contribution in [0.3, 0.4) is 0 Å². The van der Waals surface area contributed by atoms with Crippen LogP contribution in [0.15, 0.2) is 6.33 Å². The Hall–Kier alpha value is -1.10. The van der Waals surface area contributed by atoms with Gasteiger partial charge < -0.3 is 10.6 Å². The topological polar surface area (TPSA) is 60.0 Å². The highest BCUT2D eigenvalue weighted by Gasteiger charge is 2.19. The second kappa shape index (κ2) is 3.33. The SMILES string of the molecule is CN1CCC(Cn2cnc(N)n2)C1. The highest BCUT2D eigenvalue weighted by molar-refractivity contribution is 5.09. The summed E-state index contributed by atoms with van der Waals surface area (Å²) in [6, 6.07) is 0. The van der Waals surface area contributed by atoms with Crippen LogP contribution in [0, 0.1) is 5.92 Å².